The highest BCUT2D eigenvalue weighted by molar-refractivity contribution is 7.99. The molecular weight excluding hydrogens is 300 g/mol. The zero-order valence-corrected chi connectivity index (χ0v) is 14.7. The number of thioether (sulfide) groups is 1. The van der Waals surface area contributed by atoms with E-state index in [0.29, 0.717) is 6.04 Å². The second kappa shape index (κ2) is 9.04. The molecule has 2 unspecified atom stereocenters. The number of hydrogen-bond acceptors (Lipinski definition) is 3. The van der Waals surface area contributed by atoms with Gasteiger partial charge < -0.3 is 10.2 Å². The van der Waals surface area contributed by atoms with Gasteiger partial charge in [-0.1, -0.05) is 37.6 Å². The molecule has 21 heavy (non-hydrogen) atoms. The predicted octanol–water partition coefficient (Wildman–Crippen LogP) is 4.21. The summed E-state index contributed by atoms with van der Waals surface area (Å²) in [6.07, 6.45) is 2.33. The van der Waals surface area contributed by atoms with Crippen LogP contribution in [0.1, 0.15) is 38.3 Å². The number of halogens is 1. The number of rotatable bonds is 7. The van der Waals surface area contributed by atoms with E-state index in [9.17, 15) is 0 Å². The number of nitrogens with zero attached hydrogens (tertiary/aromatic N) is 1. The summed E-state index contributed by atoms with van der Waals surface area (Å²) in [5.74, 6) is 1.27. The predicted molar refractivity (Wildman–Crippen MR) is 95.5 cm³/mol. The third kappa shape index (κ3) is 5.82. The normalized spacial score (nSPS) is 21.4. The van der Waals surface area contributed by atoms with Crippen LogP contribution in [0.2, 0.25) is 5.02 Å². The topological polar surface area (TPSA) is 15.3 Å². The highest BCUT2D eigenvalue weighted by Gasteiger charge is 2.18. The van der Waals surface area contributed by atoms with Crippen molar-refractivity contribution >= 4 is 23.4 Å². The van der Waals surface area contributed by atoms with Gasteiger partial charge >= 0.3 is 0 Å². The van der Waals surface area contributed by atoms with E-state index in [4.69, 9.17) is 11.6 Å². The third-order valence-corrected chi connectivity index (χ3v) is 5.36. The van der Waals surface area contributed by atoms with E-state index in [1.165, 1.54) is 43.8 Å². The molecule has 1 saturated heterocycles. The molecule has 0 bridgehead atoms. The van der Waals surface area contributed by atoms with E-state index < -0.39 is 0 Å². The van der Waals surface area contributed by atoms with E-state index in [2.05, 4.69) is 48.0 Å². The zero-order chi connectivity index (χ0) is 15.1. The summed E-state index contributed by atoms with van der Waals surface area (Å²) < 4.78 is 0. The molecule has 1 heterocycles. The van der Waals surface area contributed by atoms with E-state index in [0.717, 1.165) is 16.8 Å². The number of nitrogens with one attached hydrogen (secondary N) is 1. The van der Waals surface area contributed by atoms with Gasteiger partial charge in [0.15, 0.2) is 0 Å². The first kappa shape index (κ1) is 17.1. The second-order valence-corrected chi connectivity index (χ2v) is 7.81. The Balaban J connectivity index is 1.91. The van der Waals surface area contributed by atoms with E-state index in [-0.39, 0.29) is 0 Å². The summed E-state index contributed by atoms with van der Waals surface area (Å²) in [5, 5.41) is 5.27. The minimum absolute atomic E-state index is 0.437. The van der Waals surface area contributed by atoms with E-state index in [1.807, 2.05) is 12.1 Å². The van der Waals surface area contributed by atoms with Gasteiger partial charge in [0, 0.05) is 41.7 Å². The quantitative estimate of drug-likeness (QED) is 0.808. The fraction of sp³-hybridized carbons (Fsp3) is 0.647. The smallest absolute Gasteiger partial charge is 0.0406 e. The average Bonchev–Trinajstić information content (AvgIpc) is 2.49. The molecule has 1 aliphatic rings. The van der Waals surface area contributed by atoms with Crippen LogP contribution in [0.5, 0.6) is 0 Å². The van der Waals surface area contributed by atoms with Gasteiger partial charge in [0.1, 0.15) is 0 Å². The van der Waals surface area contributed by atoms with Gasteiger partial charge in [0.25, 0.3) is 0 Å². The van der Waals surface area contributed by atoms with Gasteiger partial charge in [-0.3, -0.25) is 0 Å². The van der Waals surface area contributed by atoms with Crippen LogP contribution in [-0.4, -0.2) is 42.1 Å². The van der Waals surface area contributed by atoms with Crippen molar-refractivity contribution in [3.63, 3.8) is 0 Å². The molecule has 0 aromatic heterocycles. The Labute approximate surface area is 138 Å². The lowest BCUT2D eigenvalue weighted by molar-refractivity contribution is 0.267. The number of hydrogen-bond donors (Lipinski definition) is 1. The maximum atomic E-state index is 6.00. The molecule has 0 saturated carbocycles. The lowest BCUT2D eigenvalue weighted by Crippen LogP contribution is -2.38. The summed E-state index contributed by atoms with van der Waals surface area (Å²) >= 11 is 8.10. The molecule has 0 amide bonds. The Kier molecular flexibility index (Phi) is 7.38. The zero-order valence-electron chi connectivity index (χ0n) is 13.1. The van der Waals surface area contributed by atoms with Crippen LogP contribution in [-0.2, 0) is 0 Å². The van der Waals surface area contributed by atoms with E-state index >= 15 is 0 Å². The van der Waals surface area contributed by atoms with Crippen molar-refractivity contribution in [2.24, 2.45) is 0 Å². The van der Waals surface area contributed by atoms with Crippen LogP contribution >= 0.6 is 23.4 Å². The minimum atomic E-state index is 0.437. The molecule has 4 heteroatoms. The van der Waals surface area contributed by atoms with Crippen molar-refractivity contribution < 1.29 is 0 Å². The van der Waals surface area contributed by atoms with Crippen molar-refractivity contribution in [1.29, 1.82) is 0 Å². The van der Waals surface area contributed by atoms with Gasteiger partial charge in [-0.15, -0.1) is 0 Å². The monoisotopic (exact) mass is 326 g/mol. The van der Waals surface area contributed by atoms with Crippen LogP contribution in [0.15, 0.2) is 24.3 Å². The molecule has 1 fully saturated rings. The summed E-state index contributed by atoms with van der Waals surface area (Å²) in [4.78, 5) is 2.61. The maximum Gasteiger partial charge on any atom is 0.0406 e. The van der Waals surface area contributed by atoms with Crippen molar-refractivity contribution in [3.8, 4) is 0 Å². The summed E-state index contributed by atoms with van der Waals surface area (Å²) in [5.41, 5.74) is 1.35. The second-order valence-electron chi connectivity index (χ2n) is 5.83. The SMILES string of the molecule is CCCNC(CCN1CCSC(C)C1)c1ccc(Cl)cc1. The van der Waals surface area contributed by atoms with Gasteiger partial charge in [0.05, 0.1) is 0 Å². The van der Waals surface area contributed by atoms with Gasteiger partial charge in [0.2, 0.25) is 0 Å². The standard InChI is InChI=1S/C17H27ClN2S/c1-3-9-19-17(15-4-6-16(18)7-5-15)8-10-20-11-12-21-14(2)13-20/h4-7,14,17,19H,3,8-13H2,1-2H3. The third-order valence-electron chi connectivity index (χ3n) is 3.97. The molecule has 2 nitrogen and oxygen atoms in total. The van der Waals surface area contributed by atoms with Crippen molar-refractivity contribution in [2.75, 3.05) is 31.9 Å². The van der Waals surface area contributed by atoms with Crippen LogP contribution in [0, 0.1) is 0 Å². The summed E-state index contributed by atoms with van der Waals surface area (Å²) in [6.45, 7) is 9.26. The Morgan fingerprint density at radius 3 is 2.81 bits per heavy atom. The van der Waals surface area contributed by atoms with Crippen LogP contribution in [0.25, 0.3) is 0 Å². The Bertz CT molecular complexity index is 410. The van der Waals surface area contributed by atoms with Crippen molar-refractivity contribution in [3.05, 3.63) is 34.9 Å². The summed E-state index contributed by atoms with van der Waals surface area (Å²) in [7, 11) is 0. The van der Waals surface area contributed by atoms with Crippen LogP contribution in [0.3, 0.4) is 0 Å². The lowest BCUT2D eigenvalue weighted by Gasteiger charge is -2.32. The molecule has 1 aromatic rings. The first-order valence-electron chi connectivity index (χ1n) is 8.02. The van der Waals surface area contributed by atoms with Crippen molar-refractivity contribution in [2.45, 2.75) is 38.0 Å². The highest BCUT2D eigenvalue weighted by Crippen LogP contribution is 2.22. The number of benzene rings is 1. The van der Waals surface area contributed by atoms with Gasteiger partial charge in [-0.25, -0.2) is 0 Å². The first-order chi connectivity index (χ1) is 10.2. The van der Waals surface area contributed by atoms with Gasteiger partial charge in [-0.2, -0.15) is 11.8 Å². The molecule has 2 rings (SSSR count). The Morgan fingerprint density at radius 2 is 2.14 bits per heavy atom. The molecule has 118 valence electrons. The molecule has 1 aliphatic heterocycles. The molecule has 2 atom stereocenters. The van der Waals surface area contributed by atoms with Crippen LogP contribution in [0.4, 0.5) is 0 Å². The Hall–Kier alpha value is -0.220. The molecule has 0 spiro atoms. The first-order valence-corrected chi connectivity index (χ1v) is 9.44. The molecule has 0 aliphatic carbocycles. The molecule has 1 N–H and O–H groups in total. The fourth-order valence-electron chi connectivity index (χ4n) is 2.81. The van der Waals surface area contributed by atoms with Crippen LogP contribution < -0.4 is 5.32 Å². The average molecular weight is 327 g/mol. The largest absolute Gasteiger partial charge is 0.310 e. The lowest BCUT2D eigenvalue weighted by atomic mass is 10.0. The minimum Gasteiger partial charge on any atom is -0.310 e. The molecular formula is C17H27ClN2S. The van der Waals surface area contributed by atoms with Gasteiger partial charge in [-0.05, 0) is 37.1 Å². The summed E-state index contributed by atoms with van der Waals surface area (Å²) in [6, 6.07) is 8.75. The fourth-order valence-corrected chi connectivity index (χ4v) is 4.01. The highest BCUT2D eigenvalue weighted by atomic mass is 35.5. The van der Waals surface area contributed by atoms with E-state index in [1.54, 1.807) is 0 Å². The Morgan fingerprint density at radius 1 is 1.38 bits per heavy atom. The molecule has 1 aromatic carbocycles. The van der Waals surface area contributed by atoms with Crippen molar-refractivity contribution in [1.82, 2.24) is 10.2 Å². The maximum absolute atomic E-state index is 6.00. The molecule has 0 radical (unpaired) electrons.